The van der Waals surface area contributed by atoms with Gasteiger partial charge in [-0.15, -0.1) is 0 Å². The van der Waals surface area contributed by atoms with E-state index in [1.165, 1.54) is 32.1 Å². The minimum atomic E-state index is 0.0332. The first-order chi connectivity index (χ1) is 10.2. The highest BCUT2D eigenvalue weighted by Crippen LogP contribution is 2.40. The van der Waals surface area contributed by atoms with Gasteiger partial charge in [-0.05, 0) is 57.9 Å². The molecule has 3 unspecified atom stereocenters. The fourth-order valence-electron chi connectivity index (χ4n) is 4.42. The molecule has 0 amide bonds. The van der Waals surface area contributed by atoms with E-state index in [1.54, 1.807) is 0 Å². The van der Waals surface area contributed by atoms with Crippen molar-refractivity contribution in [3.8, 4) is 0 Å². The van der Waals surface area contributed by atoms with Crippen LogP contribution in [-0.4, -0.2) is 51.2 Å². The monoisotopic (exact) mass is 297 g/mol. The molecule has 0 aromatic carbocycles. The van der Waals surface area contributed by atoms with Gasteiger partial charge < -0.3 is 19.5 Å². The molecular weight excluding hydrogens is 266 g/mol. The molecule has 3 aliphatic rings. The minimum Gasteiger partial charge on any atom is -0.378 e. The van der Waals surface area contributed by atoms with Crippen LogP contribution in [0.3, 0.4) is 0 Å². The van der Waals surface area contributed by atoms with Crippen LogP contribution in [0.25, 0.3) is 0 Å². The lowest BCUT2D eigenvalue weighted by atomic mass is 9.73. The van der Waals surface area contributed by atoms with Crippen molar-refractivity contribution in [2.75, 3.05) is 33.5 Å². The summed E-state index contributed by atoms with van der Waals surface area (Å²) < 4.78 is 17.4. The average Bonchev–Trinajstić information content (AvgIpc) is 2.89. The van der Waals surface area contributed by atoms with Gasteiger partial charge in [0.05, 0.1) is 18.3 Å². The van der Waals surface area contributed by atoms with Gasteiger partial charge in [-0.1, -0.05) is 0 Å². The molecule has 122 valence electrons. The summed E-state index contributed by atoms with van der Waals surface area (Å²) in [6.07, 6.45) is 7.76. The normalized spacial score (nSPS) is 41.1. The van der Waals surface area contributed by atoms with Crippen molar-refractivity contribution in [1.82, 2.24) is 5.32 Å². The van der Waals surface area contributed by atoms with Crippen LogP contribution in [0, 0.1) is 11.8 Å². The van der Waals surface area contributed by atoms with E-state index in [4.69, 9.17) is 14.2 Å². The Balaban J connectivity index is 1.49. The third kappa shape index (κ3) is 3.61. The van der Waals surface area contributed by atoms with Gasteiger partial charge in [-0.3, -0.25) is 0 Å². The SMILES string of the molecule is CCOC1CC(CC(NC)C2CCOC3(CCOC3)C2)C1. The summed E-state index contributed by atoms with van der Waals surface area (Å²) in [6, 6.07) is 0.624. The van der Waals surface area contributed by atoms with Crippen LogP contribution < -0.4 is 5.32 Å². The molecule has 1 spiro atoms. The maximum Gasteiger partial charge on any atom is 0.0939 e. The van der Waals surface area contributed by atoms with E-state index in [2.05, 4.69) is 19.3 Å². The highest BCUT2D eigenvalue weighted by atomic mass is 16.6. The molecule has 4 nitrogen and oxygen atoms in total. The van der Waals surface area contributed by atoms with E-state index in [0.717, 1.165) is 44.7 Å². The smallest absolute Gasteiger partial charge is 0.0939 e. The first-order valence-corrected chi connectivity index (χ1v) is 8.75. The number of rotatable bonds is 6. The van der Waals surface area contributed by atoms with Crippen LogP contribution in [0.5, 0.6) is 0 Å². The Hall–Kier alpha value is -0.160. The van der Waals surface area contributed by atoms with E-state index in [0.29, 0.717) is 12.1 Å². The molecule has 0 bridgehead atoms. The van der Waals surface area contributed by atoms with E-state index < -0.39 is 0 Å². The molecule has 4 heteroatoms. The molecule has 2 aliphatic heterocycles. The predicted octanol–water partition coefficient (Wildman–Crippen LogP) is 2.37. The summed E-state index contributed by atoms with van der Waals surface area (Å²) in [6.45, 7) is 5.52. The summed E-state index contributed by atoms with van der Waals surface area (Å²) in [4.78, 5) is 0. The quantitative estimate of drug-likeness (QED) is 0.817. The predicted molar refractivity (Wildman–Crippen MR) is 82.4 cm³/mol. The second kappa shape index (κ2) is 6.95. The minimum absolute atomic E-state index is 0.0332. The zero-order chi connectivity index (χ0) is 14.7. The molecule has 3 rings (SSSR count). The molecule has 3 fully saturated rings. The second-order valence-electron chi connectivity index (χ2n) is 7.13. The molecular formula is C17H31NO3. The van der Waals surface area contributed by atoms with E-state index in [-0.39, 0.29) is 5.60 Å². The molecule has 1 aliphatic carbocycles. The standard InChI is InChI=1S/C17H31NO3/c1-3-20-15-8-13(9-15)10-16(18-2)14-4-6-21-17(11-14)5-7-19-12-17/h13-16,18H,3-12H2,1-2H3. The van der Waals surface area contributed by atoms with Crippen molar-refractivity contribution in [1.29, 1.82) is 0 Å². The molecule has 3 atom stereocenters. The van der Waals surface area contributed by atoms with Crippen LogP contribution in [0.15, 0.2) is 0 Å². The van der Waals surface area contributed by atoms with Gasteiger partial charge in [0.15, 0.2) is 0 Å². The summed E-state index contributed by atoms with van der Waals surface area (Å²) in [5.74, 6) is 1.58. The number of hydrogen-bond acceptors (Lipinski definition) is 4. The first kappa shape index (κ1) is 15.7. The third-order valence-electron chi connectivity index (χ3n) is 5.72. The maximum absolute atomic E-state index is 6.07. The third-order valence-corrected chi connectivity index (χ3v) is 5.72. The highest BCUT2D eigenvalue weighted by molar-refractivity contribution is 4.95. The van der Waals surface area contributed by atoms with Crippen molar-refractivity contribution in [3.05, 3.63) is 0 Å². The van der Waals surface area contributed by atoms with Crippen LogP contribution in [0.2, 0.25) is 0 Å². The maximum atomic E-state index is 6.07. The molecule has 0 radical (unpaired) electrons. The van der Waals surface area contributed by atoms with Gasteiger partial charge in [0.2, 0.25) is 0 Å². The molecule has 1 N–H and O–H groups in total. The number of nitrogens with one attached hydrogen (secondary N) is 1. The fraction of sp³-hybridized carbons (Fsp3) is 1.00. The lowest BCUT2D eigenvalue weighted by Crippen LogP contribution is -2.48. The second-order valence-corrected chi connectivity index (χ2v) is 7.13. The Labute approximate surface area is 128 Å². The van der Waals surface area contributed by atoms with Gasteiger partial charge in [0.25, 0.3) is 0 Å². The molecule has 0 aromatic heterocycles. The van der Waals surface area contributed by atoms with Crippen LogP contribution in [-0.2, 0) is 14.2 Å². The number of hydrogen-bond donors (Lipinski definition) is 1. The van der Waals surface area contributed by atoms with Crippen molar-refractivity contribution in [2.45, 2.75) is 63.2 Å². The van der Waals surface area contributed by atoms with Gasteiger partial charge in [-0.25, -0.2) is 0 Å². The lowest BCUT2D eigenvalue weighted by molar-refractivity contribution is -0.105. The van der Waals surface area contributed by atoms with Gasteiger partial charge >= 0.3 is 0 Å². The van der Waals surface area contributed by atoms with Crippen LogP contribution >= 0.6 is 0 Å². The largest absolute Gasteiger partial charge is 0.378 e. The lowest BCUT2D eigenvalue weighted by Gasteiger charge is -2.43. The zero-order valence-corrected chi connectivity index (χ0v) is 13.6. The Morgan fingerprint density at radius 3 is 2.86 bits per heavy atom. The van der Waals surface area contributed by atoms with Gasteiger partial charge in [-0.2, -0.15) is 0 Å². The van der Waals surface area contributed by atoms with Crippen molar-refractivity contribution in [2.24, 2.45) is 11.8 Å². The summed E-state index contributed by atoms with van der Waals surface area (Å²) in [5, 5.41) is 3.59. The molecule has 1 saturated carbocycles. The Bertz CT molecular complexity index is 324. The summed E-state index contributed by atoms with van der Waals surface area (Å²) in [5.41, 5.74) is 0.0332. The van der Waals surface area contributed by atoms with Crippen LogP contribution in [0.1, 0.15) is 45.4 Å². The Kier molecular flexibility index (Phi) is 5.20. The van der Waals surface area contributed by atoms with Gasteiger partial charge in [0, 0.05) is 32.3 Å². The van der Waals surface area contributed by atoms with Crippen molar-refractivity contribution >= 4 is 0 Å². The van der Waals surface area contributed by atoms with Crippen molar-refractivity contribution in [3.63, 3.8) is 0 Å². The Morgan fingerprint density at radius 1 is 1.33 bits per heavy atom. The molecule has 2 saturated heterocycles. The molecule has 0 aromatic rings. The van der Waals surface area contributed by atoms with E-state index in [1.807, 2.05) is 0 Å². The van der Waals surface area contributed by atoms with E-state index >= 15 is 0 Å². The van der Waals surface area contributed by atoms with Crippen LogP contribution in [0.4, 0.5) is 0 Å². The Morgan fingerprint density at radius 2 is 2.19 bits per heavy atom. The molecule has 21 heavy (non-hydrogen) atoms. The van der Waals surface area contributed by atoms with Crippen molar-refractivity contribution < 1.29 is 14.2 Å². The van der Waals surface area contributed by atoms with E-state index in [9.17, 15) is 0 Å². The van der Waals surface area contributed by atoms with Gasteiger partial charge in [0.1, 0.15) is 0 Å². The average molecular weight is 297 g/mol. The molecule has 2 heterocycles. The fourth-order valence-corrected chi connectivity index (χ4v) is 4.42. The first-order valence-electron chi connectivity index (χ1n) is 8.75. The summed E-state index contributed by atoms with van der Waals surface area (Å²) in [7, 11) is 2.12. The highest BCUT2D eigenvalue weighted by Gasteiger charge is 2.43. The zero-order valence-electron chi connectivity index (χ0n) is 13.6. The summed E-state index contributed by atoms with van der Waals surface area (Å²) >= 11 is 0. The topological polar surface area (TPSA) is 39.7 Å². The number of ether oxygens (including phenoxy) is 3.